The van der Waals surface area contributed by atoms with Crippen molar-refractivity contribution in [1.82, 2.24) is 15.1 Å². The van der Waals surface area contributed by atoms with Gasteiger partial charge in [0.2, 0.25) is 0 Å². The van der Waals surface area contributed by atoms with Crippen LogP contribution in [0.1, 0.15) is 148 Å². The first-order valence-corrected chi connectivity index (χ1v) is 30.5. The fraction of sp³-hybridized carbons (Fsp3) is 0.885. The maximum Gasteiger partial charge on any atom is 0.311 e. The van der Waals surface area contributed by atoms with Crippen LogP contribution in [0.5, 0.6) is 0 Å². The largest absolute Gasteiger partial charge is 0.459 e. The molecule has 3 heterocycles. The molecule has 7 rings (SSSR count). The SMILES string of the molecule is CC[C@H]1OC(=O)[C@H](C)[C@@H](OC2C[C@](C)(OC)[C@H](O)C(C)O2)[C@H](C)[C@@H](OC2OC(C)C[C@@H](N(C)C)[C@H]2O)[C@](C)(O)C[C@@H](C)CN(CCCNC(=O)[C@@]2(O)[C@@H](C)CC3C4CCC5=CC(=O)C=C[C@]5(C)[C@@]4(Cl)[C@@H](O)C[C@@]32C)[C@H](C)[C@@H](O)[C@]1(C)O. The highest BCUT2D eigenvalue weighted by Gasteiger charge is 2.75. The van der Waals surface area contributed by atoms with Gasteiger partial charge < -0.3 is 74.4 Å². The molecule has 0 bridgehead atoms. The summed E-state index contributed by atoms with van der Waals surface area (Å²) in [6.45, 7) is 23.7. The van der Waals surface area contributed by atoms with E-state index in [0.29, 0.717) is 32.1 Å². The van der Waals surface area contributed by atoms with Crippen molar-refractivity contribution in [1.29, 1.82) is 0 Å². The van der Waals surface area contributed by atoms with Gasteiger partial charge in [0.1, 0.15) is 30.0 Å². The van der Waals surface area contributed by atoms with Gasteiger partial charge >= 0.3 is 5.97 Å². The topological polar surface area (TPSA) is 267 Å². The molecule has 0 aromatic heterocycles. The Kier molecular flexibility index (Phi) is 20.1. The standard InChI is InChI=1S/C61H102ClN3O16/c1-17-45-59(13,74)49(69)37(7)65(24-18-23-63-54(72)61(75)33(3)25-42-41-20-19-39-27-40(66)21-22-55(39,9)60(41,62)44(67)29-56(42,61)10)31-32(2)28-57(11,73)51(81-53-47(68)43(64(14)15)26-34(4)77-53)35(5)48(36(6)52(71)79-45)80-46-30-58(12,76-16)50(70)38(8)78-46/h21-22,27,32-38,41-51,53,67-70,73-75H,17-20,23-26,28-31H2,1-16H3,(H,63,72)/t32-,33+,34?,35+,36-,37-,38?,41?,42?,43-,44+,45-,46?,47-,48+,49-,50-,51-,53?,55+,56+,57-,58+,59-,60+,61+/m1/s1. The first kappa shape index (κ1) is 66.3. The molecule has 20 heteroatoms. The van der Waals surface area contributed by atoms with E-state index in [1.54, 1.807) is 54.5 Å². The van der Waals surface area contributed by atoms with Crippen molar-refractivity contribution in [3.63, 3.8) is 0 Å². The molecular formula is C61H102ClN3O16. The lowest BCUT2D eigenvalue weighted by molar-refractivity contribution is -0.318. The molecule has 19 nitrogen and oxygen atoms in total. The van der Waals surface area contributed by atoms with Gasteiger partial charge in [-0.3, -0.25) is 19.3 Å². The zero-order chi connectivity index (χ0) is 60.5. The van der Waals surface area contributed by atoms with Crippen molar-refractivity contribution < 1.29 is 78.6 Å². The second-order valence-electron chi connectivity index (χ2n) is 27.5. The number of aliphatic hydroxyl groups is 7. The van der Waals surface area contributed by atoms with Gasteiger partial charge in [0.15, 0.2) is 24.0 Å². The molecule has 8 N–H and O–H groups in total. The first-order valence-electron chi connectivity index (χ1n) is 30.1. The van der Waals surface area contributed by atoms with E-state index in [2.05, 4.69) is 5.32 Å². The molecule has 6 fully saturated rings. The number of aliphatic hydroxyl groups excluding tert-OH is 4. The van der Waals surface area contributed by atoms with Crippen LogP contribution in [0.25, 0.3) is 0 Å². The minimum absolute atomic E-state index is 0.0723. The first-order chi connectivity index (χ1) is 37.5. The summed E-state index contributed by atoms with van der Waals surface area (Å²) in [6, 6.07) is -1.14. The van der Waals surface area contributed by atoms with E-state index >= 15 is 0 Å². The number of hydrogen-bond donors (Lipinski definition) is 8. The fourth-order valence-electron chi connectivity index (χ4n) is 16.5. The highest BCUT2D eigenvalue weighted by Crippen LogP contribution is 2.71. The van der Waals surface area contributed by atoms with E-state index in [1.165, 1.54) is 20.1 Å². The van der Waals surface area contributed by atoms with Gasteiger partial charge in [0.05, 0.1) is 52.5 Å². The summed E-state index contributed by atoms with van der Waals surface area (Å²) < 4.78 is 38.3. The van der Waals surface area contributed by atoms with Gasteiger partial charge in [-0.1, -0.05) is 53.2 Å². The monoisotopic (exact) mass is 1170 g/mol. The number of fused-ring (bicyclic) bond motifs is 5. The number of cyclic esters (lactones) is 1. The molecule has 0 aromatic rings. The molecule has 3 saturated heterocycles. The number of carbonyl (C=O) groups excluding carboxylic acids is 3. The minimum atomic E-state index is -2.00. The Balaban J connectivity index is 1.16. The molecular weight excluding hydrogens is 1070 g/mol. The lowest BCUT2D eigenvalue weighted by Gasteiger charge is -2.63. The molecule has 26 atom stereocenters. The molecule has 3 aliphatic heterocycles. The number of amides is 1. The van der Waals surface area contributed by atoms with Crippen molar-refractivity contribution in [3.8, 4) is 0 Å². The Labute approximate surface area is 486 Å². The molecule has 81 heavy (non-hydrogen) atoms. The van der Waals surface area contributed by atoms with E-state index in [1.807, 2.05) is 64.6 Å². The summed E-state index contributed by atoms with van der Waals surface area (Å²) in [5.74, 6) is -4.70. The van der Waals surface area contributed by atoms with Crippen LogP contribution < -0.4 is 5.32 Å². The summed E-state index contributed by atoms with van der Waals surface area (Å²) in [5, 5.41) is 88.9. The summed E-state index contributed by atoms with van der Waals surface area (Å²) in [4.78, 5) is 44.6. The molecule has 464 valence electrons. The number of alkyl halides is 1. The summed E-state index contributed by atoms with van der Waals surface area (Å²) in [5.41, 5.74) is -7.62. The molecule has 6 unspecified atom stereocenters. The van der Waals surface area contributed by atoms with Gasteiger partial charge in [0, 0.05) is 62.0 Å². The zero-order valence-corrected chi connectivity index (χ0v) is 52.0. The molecule has 0 aromatic carbocycles. The van der Waals surface area contributed by atoms with Crippen LogP contribution in [-0.2, 0) is 42.8 Å². The Morgan fingerprint density at radius 1 is 0.901 bits per heavy atom. The van der Waals surface area contributed by atoms with Crippen LogP contribution in [0.3, 0.4) is 0 Å². The second kappa shape index (κ2) is 24.5. The number of rotatable bonds is 12. The molecule has 7 aliphatic rings. The minimum Gasteiger partial charge on any atom is -0.459 e. The number of likely N-dealkylation sites (N-methyl/N-ethyl adjacent to an activating group) is 1. The third kappa shape index (κ3) is 11.9. The number of nitrogens with one attached hydrogen (secondary N) is 1. The van der Waals surface area contributed by atoms with Crippen LogP contribution in [0, 0.1) is 46.3 Å². The highest BCUT2D eigenvalue weighted by molar-refractivity contribution is 6.26. The predicted molar refractivity (Wildman–Crippen MR) is 303 cm³/mol. The third-order valence-corrected chi connectivity index (χ3v) is 22.4. The fourth-order valence-corrected chi connectivity index (χ4v) is 17.1. The number of methoxy groups -OCH3 is 1. The van der Waals surface area contributed by atoms with Crippen LogP contribution in [0.4, 0.5) is 0 Å². The number of halogens is 1. The van der Waals surface area contributed by atoms with Crippen LogP contribution in [0.15, 0.2) is 23.8 Å². The number of carbonyl (C=O) groups is 3. The quantitative estimate of drug-likeness (QED) is 0.0765. The lowest BCUT2D eigenvalue weighted by Crippen LogP contribution is -2.69. The van der Waals surface area contributed by atoms with Crippen molar-refractivity contribution in [2.45, 2.75) is 255 Å². The maximum atomic E-state index is 14.7. The maximum absolute atomic E-state index is 14.7. The lowest BCUT2D eigenvalue weighted by atomic mass is 9.45. The molecule has 4 aliphatic carbocycles. The number of allylic oxidation sites excluding steroid dienone is 4. The van der Waals surface area contributed by atoms with Crippen molar-refractivity contribution in [3.05, 3.63) is 23.8 Å². The predicted octanol–water partition coefficient (Wildman–Crippen LogP) is 4.39. The Hall–Kier alpha value is -2.18. The van der Waals surface area contributed by atoms with Gasteiger partial charge in [-0.25, -0.2) is 0 Å². The number of nitrogens with zero attached hydrogens (tertiary/aromatic N) is 2. The highest BCUT2D eigenvalue weighted by atomic mass is 35.5. The van der Waals surface area contributed by atoms with E-state index in [4.69, 9.17) is 40.0 Å². The summed E-state index contributed by atoms with van der Waals surface area (Å²) in [6.07, 6.45) is -3.64. The molecule has 3 saturated carbocycles. The normalized spacial score (nSPS) is 50.3. The average molecular weight is 1170 g/mol. The van der Waals surface area contributed by atoms with Gasteiger partial charge in [-0.05, 0) is 150 Å². The van der Waals surface area contributed by atoms with E-state index in [0.717, 1.165) is 5.57 Å². The Bertz CT molecular complexity index is 2310. The van der Waals surface area contributed by atoms with Crippen LogP contribution in [0.2, 0.25) is 0 Å². The number of ether oxygens (including phenoxy) is 6. The number of hydrogen-bond acceptors (Lipinski definition) is 18. The van der Waals surface area contributed by atoms with E-state index < -0.39 is 135 Å². The second-order valence-corrected chi connectivity index (χ2v) is 28.1. The Morgan fingerprint density at radius 2 is 1.57 bits per heavy atom. The Morgan fingerprint density at radius 3 is 2.20 bits per heavy atom. The van der Waals surface area contributed by atoms with Gasteiger partial charge in [-0.15, -0.1) is 11.6 Å². The smallest absolute Gasteiger partial charge is 0.311 e. The van der Waals surface area contributed by atoms with Crippen LogP contribution >= 0.6 is 11.6 Å². The average Bonchev–Trinajstić information content (AvgIpc) is 2.79. The molecule has 1 amide bonds. The van der Waals surface area contributed by atoms with Crippen molar-refractivity contribution in [2.24, 2.45) is 46.3 Å². The van der Waals surface area contributed by atoms with E-state index in [9.17, 15) is 50.1 Å². The number of esters is 1. The van der Waals surface area contributed by atoms with Gasteiger partial charge in [0.25, 0.3) is 5.91 Å². The summed E-state index contributed by atoms with van der Waals surface area (Å²) >= 11 is 7.67. The van der Waals surface area contributed by atoms with Crippen molar-refractivity contribution in [2.75, 3.05) is 40.8 Å². The zero-order valence-electron chi connectivity index (χ0n) is 51.3. The molecule has 0 spiro atoms. The summed E-state index contributed by atoms with van der Waals surface area (Å²) in [7, 11) is 5.22. The third-order valence-electron chi connectivity index (χ3n) is 21.5. The molecule has 0 radical (unpaired) electrons. The van der Waals surface area contributed by atoms with E-state index in [-0.39, 0.29) is 81.0 Å². The van der Waals surface area contributed by atoms with Gasteiger partial charge in [-0.2, -0.15) is 0 Å². The number of ketones is 1. The van der Waals surface area contributed by atoms with Crippen molar-refractivity contribution >= 4 is 29.3 Å². The van der Waals surface area contributed by atoms with Crippen LogP contribution in [-0.4, -0.2) is 211 Å².